The molecule has 0 spiro atoms. The number of likely N-dealkylation sites (tertiary alicyclic amines) is 1. The number of amides is 1. The standard InChI is InChI=1S/C12H16N2O2/c1-9-6-10(14(2)12(9)15)8-16-11-4-3-5-13-7-11/h3-5,7,9-10H,6,8H2,1-2H3/t9-,10?/m0/s1. The van der Waals surface area contributed by atoms with Crippen LogP contribution < -0.4 is 4.74 Å². The van der Waals surface area contributed by atoms with Crippen LogP contribution >= 0.6 is 0 Å². The Labute approximate surface area is 95.2 Å². The molecule has 1 saturated heterocycles. The second kappa shape index (κ2) is 4.51. The van der Waals surface area contributed by atoms with Crippen molar-refractivity contribution in [1.29, 1.82) is 0 Å². The van der Waals surface area contributed by atoms with Gasteiger partial charge in [-0.2, -0.15) is 0 Å². The van der Waals surface area contributed by atoms with Gasteiger partial charge in [-0.05, 0) is 18.6 Å². The van der Waals surface area contributed by atoms with E-state index in [0.29, 0.717) is 6.61 Å². The third-order valence-electron chi connectivity index (χ3n) is 3.02. The van der Waals surface area contributed by atoms with Crippen LogP contribution in [-0.4, -0.2) is 35.5 Å². The van der Waals surface area contributed by atoms with Gasteiger partial charge in [-0.1, -0.05) is 6.92 Å². The molecule has 0 aliphatic carbocycles. The van der Waals surface area contributed by atoms with Crippen LogP contribution in [0.4, 0.5) is 0 Å². The van der Waals surface area contributed by atoms with Gasteiger partial charge in [0.1, 0.15) is 12.4 Å². The highest BCUT2D eigenvalue weighted by molar-refractivity contribution is 5.80. The summed E-state index contributed by atoms with van der Waals surface area (Å²) < 4.78 is 5.60. The van der Waals surface area contributed by atoms with Crippen LogP contribution in [0.15, 0.2) is 24.5 Å². The average Bonchev–Trinajstić information content (AvgIpc) is 2.56. The van der Waals surface area contributed by atoms with E-state index >= 15 is 0 Å². The zero-order valence-electron chi connectivity index (χ0n) is 9.59. The monoisotopic (exact) mass is 220 g/mol. The largest absolute Gasteiger partial charge is 0.490 e. The molecule has 2 rings (SSSR count). The average molecular weight is 220 g/mol. The summed E-state index contributed by atoms with van der Waals surface area (Å²) in [6.07, 6.45) is 4.26. The molecule has 1 amide bonds. The lowest BCUT2D eigenvalue weighted by Crippen LogP contribution is -2.33. The lowest BCUT2D eigenvalue weighted by atomic mass is 10.1. The molecule has 0 aromatic carbocycles. The Hall–Kier alpha value is -1.58. The van der Waals surface area contributed by atoms with Gasteiger partial charge in [0.25, 0.3) is 0 Å². The van der Waals surface area contributed by atoms with E-state index in [9.17, 15) is 4.79 Å². The molecule has 1 aliphatic rings. The van der Waals surface area contributed by atoms with Crippen LogP contribution in [0.25, 0.3) is 0 Å². The Kier molecular flexibility index (Phi) is 3.08. The van der Waals surface area contributed by atoms with Crippen molar-refractivity contribution in [3.63, 3.8) is 0 Å². The number of pyridine rings is 1. The molecule has 1 fully saturated rings. The molecular formula is C12H16N2O2. The summed E-state index contributed by atoms with van der Waals surface area (Å²) in [7, 11) is 1.84. The maximum atomic E-state index is 11.6. The highest BCUT2D eigenvalue weighted by Gasteiger charge is 2.34. The SMILES string of the molecule is C[C@H]1CC(COc2cccnc2)N(C)C1=O. The summed E-state index contributed by atoms with van der Waals surface area (Å²) >= 11 is 0. The smallest absolute Gasteiger partial charge is 0.225 e. The molecule has 4 nitrogen and oxygen atoms in total. The summed E-state index contributed by atoms with van der Waals surface area (Å²) in [5.74, 6) is 1.08. The summed E-state index contributed by atoms with van der Waals surface area (Å²) in [6, 6.07) is 3.89. The topological polar surface area (TPSA) is 42.4 Å². The van der Waals surface area contributed by atoms with E-state index in [2.05, 4.69) is 4.98 Å². The van der Waals surface area contributed by atoms with Gasteiger partial charge in [-0.25, -0.2) is 0 Å². The Balaban J connectivity index is 1.90. The molecule has 86 valence electrons. The molecule has 1 aromatic heterocycles. The van der Waals surface area contributed by atoms with E-state index < -0.39 is 0 Å². The van der Waals surface area contributed by atoms with E-state index in [1.807, 2.05) is 26.1 Å². The fourth-order valence-electron chi connectivity index (χ4n) is 2.00. The lowest BCUT2D eigenvalue weighted by molar-refractivity contribution is -0.130. The van der Waals surface area contributed by atoms with Crippen molar-refractivity contribution in [2.24, 2.45) is 5.92 Å². The van der Waals surface area contributed by atoms with Crippen LogP contribution in [0.2, 0.25) is 0 Å². The van der Waals surface area contributed by atoms with Gasteiger partial charge < -0.3 is 9.64 Å². The minimum absolute atomic E-state index is 0.118. The quantitative estimate of drug-likeness (QED) is 0.771. The third kappa shape index (κ3) is 2.15. The number of hydrogen-bond acceptors (Lipinski definition) is 3. The van der Waals surface area contributed by atoms with E-state index in [1.54, 1.807) is 17.3 Å². The van der Waals surface area contributed by atoms with E-state index in [4.69, 9.17) is 4.74 Å². The van der Waals surface area contributed by atoms with Crippen LogP contribution in [0.3, 0.4) is 0 Å². The first kappa shape index (κ1) is 10.9. The zero-order chi connectivity index (χ0) is 11.5. The fourth-order valence-corrected chi connectivity index (χ4v) is 2.00. The van der Waals surface area contributed by atoms with Gasteiger partial charge in [-0.15, -0.1) is 0 Å². The number of carbonyl (C=O) groups excluding carboxylic acids is 1. The molecule has 16 heavy (non-hydrogen) atoms. The summed E-state index contributed by atoms with van der Waals surface area (Å²) in [6.45, 7) is 2.50. The van der Waals surface area contributed by atoms with Gasteiger partial charge in [0, 0.05) is 19.2 Å². The Morgan fingerprint density at radius 1 is 1.62 bits per heavy atom. The number of aromatic nitrogens is 1. The van der Waals surface area contributed by atoms with Gasteiger partial charge in [-0.3, -0.25) is 9.78 Å². The number of likely N-dealkylation sites (N-methyl/N-ethyl adjacent to an activating group) is 1. The minimum Gasteiger partial charge on any atom is -0.490 e. The van der Waals surface area contributed by atoms with Crippen LogP contribution in [0.5, 0.6) is 5.75 Å². The number of ether oxygens (including phenoxy) is 1. The van der Waals surface area contributed by atoms with Gasteiger partial charge in [0.15, 0.2) is 0 Å². The molecule has 1 unspecified atom stereocenters. The Morgan fingerprint density at radius 2 is 2.44 bits per heavy atom. The highest BCUT2D eigenvalue weighted by Crippen LogP contribution is 2.23. The van der Waals surface area contributed by atoms with Crippen molar-refractivity contribution in [2.45, 2.75) is 19.4 Å². The maximum absolute atomic E-state index is 11.6. The number of rotatable bonds is 3. The van der Waals surface area contributed by atoms with Crippen molar-refractivity contribution in [3.8, 4) is 5.75 Å². The highest BCUT2D eigenvalue weighted by atomic mass is 16.5. The maximum Gasteiger partial charge on any atom is 0.225 e. The van der Waals surface area contributed by atoms with E-state index in [0.717, 1.165) is 12.2 Å². The predicted octanol–water partition coefficient (Wildman–Crippen LogP) is 1.33. The van der Waals surface area contributed by atoms with Gasteiger partial charge >= 0.3 is 0 Å². The molecule has 0 bridgehead atoms. The summed E-state index contributed by atoms with van der Waals surface area (Å²) in [5.41, 5.74) is 0. The summed E-state index contributed by atoms with van der Waals surface area (Å²) in [5, 5.41) is 0. The molecule has 0 N–H and O–H groups in total. The molecule has 1 aliphatic heterocycles. The van der Waals surface area contributed by atoms with Crippen molar-refractivity contribution in [3.05, 3.63) is 24.5 Å². The second-order valence-electron chi connectivity index (χ2n) is 4.24. The van der Waals surface area contributed by atoms with Crippen molar-refractivity contribution in [1.82, 2.24) is 9.88 Å². The van der Waals surface area contributed by atoms with Gasteiger partial charge in [0.2, 0.25) is 5.91 Å². The van der Waals surface area contributed by atoms with Crippen molar-refractivity contribution in [2.75, 3.05) is 13.7 Å². The predicted molar refractivity (Wildman–Crippen MR) is 60.1 cm³/mol. The fraction of sp³-hybridized carbons (Fsp3) is 0.500. The first-order valence-electron chi connectivity index (χ1n) is 5.48. The summed E-state index contributed by atoms with van der Waals surface area (Å²) in [4.78, 5) is 17.3. The molecule has 0 radical (unpaired) electrons. The van der Waals surface area contributed by atoms with Crippen LogP contribution in [0.1, 0.15) is 13.3 Å². The molecule has 2 atom stereocenters. The third-order valence-corrected chi connectivity index (χ3v) is 3.02. The molecular weight excluding hydrogens is 204 g/mol. The number of nitrogens with zero attached hydrogens (tertiary/aromatic N) is 2. The Morgan fingerprint density at radius 3 is 3.00 bits per heavy atom. The molecule has 1 aromatic rings. The number of hydrogen-bond donors (Lipinski definition) is 0. The van der Waals surface area contributed by atoms with Crippen LogP contribution in [-0.2, 0) is 4.79 Å². The zero-order valence-corrected chi connectivity index (χ0v) is 9.59. The Bertz CT molecular complexity index is 367. The van der Waals surface area contributed by atoms with E-state index in [-0.39, 0.29) is 17.9 Å². The molecule has 4 heteroatoms. The van der Waals surface area contributed by atoms with E-state index in [1.165, 1.54) is 0 Å². The second-order valence-corrected chi connectivity index (χ2v) is 4.24. The first-order chi connectivity index (χ1) is 7.68. The molecule has 2 heterocycles. The van der Waals surface area contributed by atoms with Crippen molar-refractivity contribution >= 4 is 5.91 Å². The number of carbonyl (C=O) groups is 1. The normalized spacial score (nSPS) is 24.9. The van der Waals surface area contributed by atoms with Crippen LogP contribution in [0, 0.1) is 5.92 Å². The molecule has 0 saturated carbocycles. The first-order valence-corrected chi connectivity index (χ1v) is 5.48. The lowest BCUT2D eigenvalue weighted by Gasteiger charge is -2.19. The minimum atomic E-state index is 0.118. The van der Waals surface area contributed by atoms with Gasteiger partial charge in [0.05, 0.1) is 12.2 Å². The van der Waals surface area contributed by atoms with Crippen molar-refractivity contribution < 1.29 is 9.53 Å².